The molecule has 0 spiro atoms. The highest BCUT2D eigenvalue weighted by atomic mass is 19.1. The highest BCUT2D eigenvalue weighted by molar-refractivity contribution is 5.79. The number of carbonyl (C=O) groups excluding carboxylic acids is 1. The number of rotatable bonds is 3. The Labute approximate surface area is 113 Å². The van der Waals surface area contributed by atoms with Crippen molar-refractivity contribution in [2.75, 3.05) is 7.05 Å². The molecule has 1 aromatic rings. The van der Waals surface area contributed by atoms with E-state index in [2.05, 4.69) is 0 Å². The third kappa shape index (κ3) is 3.32. The van der Waals surface area contributed by atoms with E-state index in [0.29, 0.717) is 12.1 Å². The molecule has 0 heterocycles. The van der Waals surface area contributed by atoms with Crippen molar-refractivity contribution in [2.24, 2.45) is 11.7 Å². The van der Waals surface area contributed by atoms with Crippen molar-refractivity contribution >= 4 is 5.91 Å². The summed E-state index contributed by atoms with van der Waals surface area (Å²) in [5.41, 5.74) is 6.56. The van der Waals surface area contributed by atoms with Crippen molar-refractivity contribution < 1.29 is 9.18 Å². The lowest BCUT2D eigenvalue weighted by Gasteiger charge is -2.31. The molecule has 1 aromatic carbocycles. The van der Waals surface area contributed by atoms with E-state index in [-0.39, 0.29) is 23.7 Å². The summed E-state index contributed by atoms with van der Waals surface area (Å²) in [6.07, 6.45) is 3.91. The standard InChI is InChI=1S/C15H21FN2O/c1-18(10-11-6-2-4-8-13(11)16)15(19)12-7-3-5-9-14(12)17/h2,4,6,8,12,14H,3,5,7,9-10,17H2,1H3. The van der Waals surface area contributed by atoms with Gasteiger partial charge in [0, 0.05) is 25.2 Å². The maximum absolute atomic E-state index is 13.6. The van der Waals surface area contributed by atoms with Crippen molar-refractivity contribution in [3.8, 4) is 0 Å². The van der Waals surface area contributed by atoms with Crippen LogP contribution in [0.2, 0.25) is 0 Å². The molecule has 0 aliphatic heterocycles. The number of amides is 1. The average molecular weight is 264 g/mol. The summed E-state index contributed by atoms with van der Waals surface area (Å²) in [5.74, 6) is -0.337. The Bertz CT molecular complexity index is 450. The van der Waals surface area contributed by atoms with Crippen molar-refractivity contribution in [3.05, 3.63) is 35.6 Å². The van der Waals surface area contributed by atoms with E-state index in [4.69, 9.17) is 5.73 Å². The van der Waals surface area contributed by atoms with Gasteiger partial charge in [-0.1, -0.05) is 31.0 Å². The molecule has 0 bridgehead atoms. The molecule has 1 amide bonds. The molecule has 0 aromatic heterocycles. The van der Waals surface area contributed by atoms with Crippen LogP contribution in [0.5, 0.6) is 0 Å². The van der Waals surface area contributed by atoms with Crippen LogP contribution >= 0.6 is 0 Å². The second-order valence-electron chi connectivity index (χ2n) is 5.34. The lowest BCUT2D eigenvalue weighted by molar-refractivity contribution is -0.136. The van der Waals surface area contributed by atoms with Crippen LogP contribution in [0, 0.1) is 11.7 Å². The van der Waals surface area contributed by atoms with Crippen molar-refractivity contribution in [1.29, 1.82) is 0 Å². The number of halogens is 1. The number of hydrogen-bond donors (Lipinski definition) is 1. The minimum absolute atomic E-state index is 0.0375. The Morgan fingerprint density at radius 1 is 1.37 bits per heavy atom. The van der Waals surface area contributed by atoms with Gasteiger partial charge in [0.15, 0.2) is 0 Å². The Morgan fingerprint density at radius 3 is 2.74 bits per heavy atom. The molecule has 0 saturated heterocycles. The summed E-state index contributed by atoms with van der Waals surface area (Å²) in [7, 11) is 1.72. The van der Waals surface area contributed by atoms with Crippen LogP contribution in [-0.2, 0) is 11.3 Å². The van der Waals surface area contributed by atoms with Gasteiger partial charge in [0.25, 0.3) is 0 Å². The zero-order valence-electron chi connectivity index (χ0n) is 11.3. The van der Waals surface area contributed by atoms with E-state index in [1.54, 1.807) is 30.1 Å². The monoisotopic (exact) mass is 264 g/mol. The highest BCUT2D eigenvalue weighted by Gasteiger charge is 2.30. The van der Waals surface area contributed by atoms with Crippen LogP contribution in [0.15, 0.2) is 24.3 Å². The maximum Gasteiger partial charge on any atom is 0.227 e. The van der Waals surface area contributed by atoms with Crippen molar-refractivity contribution in [2.45, 2.75) is 38.3 Å². The number of benzene rings is 1. The van der Waals surface area contributed by atoms with E-state index in [1.807, 2.05) is 0 Å². The SMILES string of the molecule is CN(Cc1ccccc1F)C(=O)C1CCCCC1N. The number of nitrogens with zero attached hydrogens (tertiary/aromatic N) is 1. The van der Waals surface area contributed by atoms with E-state index in [9.17, 15) is 9.18 Å². The van der Waals surface area contributed by atoms with Crippen LogP contribution in [0.4, 0.5) is 4.39 Å². The van der Waals surface area contributed by atoms with Gasteiger partial charge in [-0.3, -0.25) is 4.79 Å². The number of hydrogen-bond acceptors (Lipinski definition) is 2. The first-order valence-electron chi connectivity index (χ1n) is 6.83. The summed E-state index contributed by atoms with van der Waals surface area (Å²) < 4.78 is 13.6. The summed E-state index contributed by atoms with van der Waals surface area (Å²) >= 11 is 0. The fraction of sp³-hybridized carbons (Fsp3) is 0.533. The molecule has 19 heavy (non-hydrogen) atoms. The molecule has 4 heteroatoms. The quantitative estimate of drug-likeness (QED) is 0.910. The minimum Gasteiger partial charge on any atom is -0.341 e. The third-order valence-electron chi connectivity index (χ3n) is 3.88. The van der Waals surface area contributed by atoms with Crippen LogP contribution in [-0.4, -0.2) is 23.9 Å². The lowest BCUT2D eigenvalue weighted by Crippen LogP contribution is -2.44. The fourth-order valence-corrected chi connectivity index (χ4v) is 2.71. The zero-order valence-corrected chi connectivity index (χ0v) is 11.3. The van der Waals surface area contributed by atoms with Gasteiger partial charge in [0.2, 0.25) is 5.91 Å². The van der Waals surface area contributed by atoms with Crippen LogP contribution in [0.25, 0.3) is 0 Å². The van der Waals surface area contributed by atoms with E-state index < -0.39 is 0 Å². The topological polar surface area (TPSA) is 46.3 Å². The normalized spacial score (nSPS) is 23.1. The van der Waals surface area contributed by atoms with Crippen molar-refractivity contribution in [3.63, 3.8) is 0 Å². The second-order valence-corrected chi connectivity index (χ2v) is 5.34. The Hall–Kier alpha value is -1.42. The lowest BCUT2D eigenvalue weighted by atomic mass is 9.84. The van der Waals surface area contributed by atoms with Gasteiger partial charge in [-0.2, -0.15) is 0 Å². The Morgan fingerprint density at radius 2 is 2.05 bits per heavy atom. The highest BCUT2D eigenvalue weighted by Crippen LogP contribution is 2.25. The largest absolute Gasteiger partial charge is 0.341 e. The molecule has 2 unspecified atom stereocenters. The molecule has 2 atom stereocenters. The molecule has 1 aliphatic rings. The maximum atomic E-state index is 13.6. The molecular weight excluding hydrogens is 243 g/mol. The smallest absolute Gasteiger partial charge is 0.227 e. The van der Waals surface area contributed by atoms with Gasteiger partial charge in [0.05, 0.1) is 5.92 Å². The zero-order chi connectivity index (χ0) is 13.8. The predicted octanol–water partition coefficient (Wildman–Crippen LogP) is 2.30. The van der Waals surface area contributed by atoms with Gasteiger partial charge in [-0.25, -0.2) is 4.39 Å². The molecule has 1 aliphatic carbocycles. The molecule has 1 fully saturated rings. The summed E-state index contributed by atoms with van der Waals surface area (Å²) in [6.45, 7) is 0.300. The van der Waals surface area contributed by atoms with Crippen LogP contribution in [0.3, 0.4) is 0 Å². The molecule has 104 valence electrons. The second kappa shape index (κ2) is 6.15. The Kier molecular flexibility index (Phi) is 4.53. The average Bonchev–Trinajstić information content (AvgIpc) is 2.41. The van der Waals surface area contributed by atoms with E-state index in [1.165, 1.54) is 6.07 Å². The summed E-state index contributed by atoms with van der Waals surface area (Å²) in [6, 6.07) is 6.50. The summed E-state index contributed by atoms with van der Waals surface area (Å²) in [5, 5.41) is 0. The molecule has 0 radical (unpaired) electrons. The molecule has 2 N–H and O–H groups in total. The first-order valence-corrected chi connectivity index (χ1v) is 6.83. The Balaban J connectivity index is 2.01. The van der Waals surface area contributed by atoms with Crippen LogP contribution < -0.4 is 5.73 Å². The van der Waals surface area contributed by atoms with Gasteiger partial charge in [-0.05, 0) is 18.9 Å². The van der Waals surface area contributed by atoms with Gasteiger partial charge in [0.1, 0.15) is 5.82 Å². The van der Waals surface area contributed by atoms with Gasteiger partial charge in [-0.15, -0.1) is 0 Å². The van der Waals surface area contributed by atoms with Crippen LogP contribution in [0.1, 0.15) is 31.2 Å². The molecule has 3 nitrogen and oxygen atoms in total. The van der Waals surface area contributed by atoms with Crippen molar-refractivity contribution in [1.82, 2.24) is 4.90 Å². The van der Waals surface area contributed by atoms with E-state index in [0.717, 1.165) is 25.7 Å². The third-order valence-corrected chi connectivity index (χ3v) is 3.88. The minimum atomic E-state index is -0.268. The van der Waals surface area contributed by atoms with Gasteiger partial charge < -0.3 is 10.6 Å². The molecule has 1 saturated carbocycles. The fourth-order valence-electron chi connectivity index (χ4n) is 2.71. The van der Waals surface area contributed by atoms with E-state index >= 15 is 0 Å². The van der Waals surface area contributed by atoms with Gasteiger partial charge >= 0.3 is 0 Å². The predicted molar refractivity (Wildman–Crippen MR) is 72.8 cm³/mol. The first-order chi connectivity index (χ1) is 9.09. The number of nitrogens with two attached hydrogens (primary N) is 1. The molecular formula is C15H21FN2O. The number of carbonyl (C=O) groups is 1. The first kappa shape index (κ1) is 14.0. The molecule has 2 rings (SSSR count). The summed E-state index contributed by atoms with van der Waals surface area (Å²) in [4.78, 5) is 13.9.